The van der Waals surface area contributed by atoms with Gasteiger partial charge in [0.05, 0.1) is 20.8 Å². The molecule has 27 heavy (non-hydrogen) atoms. The van der Waals surface area contributed by atoms with Crippen LogP contribution in [-0.4, -0.2) is 38.1 Å². The molecule has 1 saturated heterocycles. The van der Waals surface area contributed by atoms with Crippen molar-refractivity contribution in [3.05, 3.63) is 59.4 Å². The molecule has 0 unspecified atom stereocenters. The second-order valence-corrected chi connectivity index (χ2v) is 6.60. The van der Waals surface area contributed by atoms with Crippen molar-refractivity contribution in [1.82, 2.24) is 10.2 Å². The van der Waals surface area contributed by atoms with Gasteiger partial charge in [0.1, 0.15) is 17.3 Å². The van der Waals surface area contributed by atoms with E-state index in [1.165, 1.54) is 6.07 Å². The summed E-state index contributed by atoms with van der Waals surface area (Å²) in [5.41, 5.74) is 1.54. The fourth-order valence-corrected chi connectivity index (χ4v) is 3.54. The van der Waals surface area contributed by atoms with Crippen LogP contribution in [0.4, 0.5) is 4.39 Å². The predicted molar refractivity (Wildman–Crippen MR) is 101 cm³/mol. The summed E-state index contributed by atoms with van der Waals surface area (Å²) >= 11 is 0. The van der Waals surface area contributed by atoms with Crippen molar-refractivity contribution in [3.63, 3.8) is 0 Å². The van der Waals surface area contributed by atoms with Crippen molar-refractivity contribution < 1.29 is 18.7 Å². The fraction of sp³-hybridized carbons (Fsp3) is 0.381. The summed E-state index contributed by atoms with van der Waals surface area (Å²) in [6.45, 7) is 1.30. The zero-order chi connectivity index (χ0) is 19.2. The van der Waals surface area contributed by atoms with Crippen molar-refractivity contribution in [2.75, 3.05) is 27.3 Å². The number of amides is 1. The molecule has 3 rings (SSSR count). The topological polar surface area (TPSA) is 50.8 Å². The zero-order valence-corrected chi connectivity index (χ0v) is 15.7. The van der Waals surface area contributed by atoms with Crippen molar-refractivity contribution in [2.45, 2.75) is 25.4 Å². The molecule has 2 aromatic rings. The molecule has 1 amide bonds. The molecule has 6 heteroatoms. The summed E-state index contributed by atoms with van der Waals surface area (Å²) in [5, 5.41) is 2.81. The zero-order valence-electron chi connectivity index (χ0n) is 15.7. The summed E-state index contributed by atoms with van der Waals surface area (Å²) < 4.78 is 24.5. The molecular weight excluding hydrogens is 347 g/mol. The van der Waals surface area contributed by atoms with Crippen LogP contribution in [0, 0.1) is 5.82 Å². The molecule has 2 aromatic carbocycles. The third-order valence-corrected chi connectivity index (χ3v) is 4.94. The fourth-order valence-electron chi connectivity index (χ4n) is 3.54. The molecule has 1 aliphatic rings. The lowest BCUT2D eigenvalue weighted by Gasteiger charge is -2.26. The van der Waals surface area contributed by atoms with Crippen LogP contribution in [-0.2, 0) is 11.3 Å². The van der Waals surface area contributed by atoms with Gasteiger partial charge >= 0.3 is 0 Å². The quantitative estimate of drug-likeness (QED) is 0.810. The van der Waals surface area contributed by atoms with Crippen LogP contribution in [0.2, 0.25) is 0 Å². The molecule has 0 radical (unpaired) electrons. The molecule has 0 saturated carbocycles. The van der Waals surface area contributed by atoms with E-state index in [1.54, 1.807) is 32.4 Å². The normalized spacial score (nSPS) is 16.9. The van der Waals surface area contributed by atoms with Gasteiger partial charge in [-0.1, -0.05) is 24.3 Å². The van der Waals surface area contributed by atoms with Gasteiger partial charge in [-0.05, 0) is 31.5 Å². The van der Waals surface area contributed by atoms with Crippen molar-refractivity contribution in [3.8, 4) is 11.5 Å². The van der Waals surface area contributed by atoms with E-state index < -0.39 is 0 Å². The van der Waals surface area contributed by atoms with E-state index in [1.807, 2.05) is 18.2 Å². The first-order valence-corrected chi connectivity index (χ1v) is 9.08. The Bertz CT molecular complexity index is 797. The number of nitrogens with one attached hydrogen (secondary N) is 1. The average molecular weight is 372 g/mol. The van der Waals surface area contributed by atoms with Crippen LogP contribution in [0.15, 0.2) is 42.5 Å². The first-order chi connectivity index (χ1) is 13.1. The van der Waals surface area contributed by atoms with Crippen LogP contribution < -0.4 is 14.8 Å². The number of carbonyl (C=O) groups excluding carboxylic acids is 1. The van der Waals surface area contributed by atoms with Crippen LogP contribution >= 0.6 is 0 Å². The van der Waals surface area contributed by atoms with E-state index in [2.05, 4.69) is 10.2 Å². The number of hydrogen-bond acceptors (Lipinski definition) is 4. The lowest BCUT2D eigenvalue weighted by atomic mass is 10.0. The Morgan fingerprint density at radius 3 is 2.78 bits per heavy atom. The lowest BCUT2D eigenvalue weighted by molar-refractivity contribution is -0.122. The van der Waals surface area contributed by atoms with Gasteiger partial charge in [0.15, 0.2) is 0 Å². The Balaban J connectivity index is 1.64. The number of halogens is 1. The summed E-state index contributed by atoms with van der Waals surface area (Å²) in [7, 11) is 3.26. The molecule has 1 fully saturated rings. The highest BCUT2D eigenvalue weighted by molar-refractivity contribution is 5.78. The van der Waals surface area contributed by atoms with Gasteiger partial charge in [-0.25, -0.2) is 4.39 Å². The standard InChI is InChI=1S/C21H25FN2O3/c1-26-16-9-10-17(20(12-16)27-2)19-8-5-11-24(19)14-21(25)23-13-15-6-3-4-7-18(15)22/h3-4,6-7,9-10,12,19H,5,8,11,13-14H2,1-2H3,(H,23,25)/t19-/m0/s1. The predicted octanol–water partition coefficient (Wildman–Crippen LogP) is 3.30. The third-order valence-electron chi connectivity index (χ3n) is 4.94. The molecule has 0 spiro atoms. The summed E-state index contributed by atoms with van der Waals surface area (Å²) in [4.78, 5) is 14.5. The molecule has 1 aliphatic heterocycles. The van der Waals surface area contributed by atoms with E-state index in [0.29, 0.717) is 5.56 Å². The van der Waals surface area contributed by atoms with Gasteiger partial charge < -0.3 is 14.8 Å². The molecule has 5 nitrogen and oxygen atoms in total. The molecule has 0 aliphatic carbocycles. The number of likely N-dealkylation sites (tertiary alicyclic amines) is 1. The highest BCUT2D eigenvalue weighted by Crippen LogP contribution is 2.38. The summed E-state index contributed by atoms with van der Waals surface area (Å²) in [5.74, 6) is 1.08. The largest absolute Gasteiger partial charge is 0.497 e. The van der Waals surface area contributed by atoms with Gasteiger partial charge in [0, 0.05) is 29.8 Å². The maximum absolute atomic E-state index is 13.7. The van der Waals surface area contributed by atoms with Crippen molar-refractivity contribution in [2.24, 2.45) is 0 Å². The number of ether oxygens (including phenoxy) is 2. The first-order valence-electron chi connectivity index (χ1n) is 9.08. The molecule has 1 N–H and O–H groups in total. The number of carbonyl (C=O) groups is 1. The minimum absolute atomic E-state index is 0.113. The molecular formula is C21H25FN2O3. The number of rotatable bonds is 7. The number of benzene rings is 2. The van der Waals surface area contributed by atoms with E-state index in [4.69, 9.17) is 9.47 Å². The minimum atomic E-state index is -0.306. The highest BCUT2D eigenvalue weighted by atomic mass is 19.1. The van der Waals surface area contributed by atoms with Gasteiger partial charge in [0.2, 0.25) is 5.91 Å². The van der Waals surface area contributed by atoms with Crippen LogP contribution in [0.1, 0.15) is 30.0 Å². The SMILES string of the molecule is COc1ccc([C@@H]2CCCN2CC(=O)NCc2ccccc2F)c(OC)c1. The van der Waals surface area contributed by atoms with Crippen molar-refractivity contribution >= 4 is 5.91 Å². The smallest absolute Gasteiger partial charge is 0.234 e. The third kappa shape index (κ3) is 4.57. The van der Waals surface area contributed by atoms with Gasteiger partial charge in [-0.2, -0.15) is 0 Å². The van der Waals surface area contributed by atoms with E-state index in [0.717, 1.165) is 36.4 Å². The maximum Gasteiger partial charge on any atom is 0.234 e. The maximum atomic E-state index is 13.7. The molecule has 1 heterocycles. The number of hydrogen-bond donors (Lipinski definition) is 1. The van der Waals surface area contributed by atoms with Gasteiger partial charge in [-0.3, -0.25) is 9.69 Å². The molecule has 1 atom stereocenters. The second kappa shape index (κ2) is 8.86. The molecule has 0 bridgehead atoms. The number of methoxy groups -OCH3 is 2. The lowest BCUT2D eigenvalue weighted by Crippen LogP contribution is -2.36. The first kappa shape index (κ1) is 19.2. The van der Waals surface area contributed by atoms with Crippen LogP contribution in [0.5, 0.6) is 11.5 Å². The Morgan fingerprint density at radius 2 is 2.04 bits per heavy atom. The minimum Gasteiger partial charge on any atom is -0.497 e. The molecule has 0 aromatic heterocycles. The van der Waals surface area contributed by atoms with E-state index >= 15 is 0 Å². The average Bonchev–Trinajstić information content (AvgIpc) is 3.14. The van der Waals surface area contributed by atoms with Gasteiger partial charge in [-0.15, -0.1) is 0 Å². The van der Waals surface area contributed by atoms with Crippen LogP contribution in [0.25, 0.3) is 0 Å². The van der Waals surface area contributed by atoms with E-state index in [-0.39, 0.29) is 30.9 Å². The Labute approximate surface area is 159 Å². The highest BCUT2D eigenvalue weighted by Gasteiger charge is 2.29. The molecule has 144 valence electrons. The Kier molecular flexibility index (Phi) is 6.29. The number of nitrogens with zero attached hydrogens (tertiary/aromatic N) is 1. The van der Waals surface area contributed by atoms with Gasteiger partial charge in [0.25, 0.3) is 0 Å². The Morgan fingerprint density at radius 1 is 1.22 bits per heavy atom. The van der Waals surface area contributed by atoms with E-state index in [9.17, 15) is 9.18 Å². The second-order valence-electron chi connectivity index (χ2n) is 6.60. The Hall–Kier alpha value is -2.60. The van der Waals surface area contributed by atoms with Crippen molar-refractivity contribution in [1.29, 1.82) is 0 Å². The summed E-state index contributed by atoms with van der Waals surface area (Å²) in [6, 6.07) is 12.4. The summed E-state index contributed by atoms with van der Waals surface area (Å²) in [6.07, 6.45) is 1.98. The van der Waals surface area contributed by atoms with Crippen LogP contribution in [0.3, 0.4) is 0 Å². The monoisotopic (exact) mass is 372 g/mol.